The van der Waals surface area contributed by atoms with Gasteiger partial charge in [-0.1, -0.05) is 6.92 Å². The molecule has 0 aromatic heterocycles. The van der Waals surface area contributed by atoms with Crippen molar-refractivity contribution in [1.29, 1.82) is 0 Å². The fourth-order valence-corrected chi connectivity index (χ4v) is 3.90. The molecular formula is C13H24N2OS. The van der Waals surface area contributed by atoms with Crippen LogP contribution >= 0.6 is 11.8 Å². The molecule has 1 amide bonds. The quantitative estimate of drug-likeness (QED) is 0.775. The molecule has 3 atom stereocenters. The first-order valence-electron chi connectivity index (χ1n) is 6.68. The molecule has 3 nitrogen and oxygen atoms in total. The monoisotopic (exact) mass is 256 g/mol. The van der Waals surface area contributed by atoms with Crippen LogP contribution in [0.1, 0.15) is 33.6 Å². The number of thioether (sulfide) groups is 1. The largest absolute Gasteiger partial charge is 0.338 e. The molecule has 98 valence electrons. The summed E-state index contributed by atoms with van der Waals surface area (Å²) >= 11 is 1.98. The first kappa shape index (κ1) is 13.2. The highest BCUT2D eigenvalue weighted by Gasteiger charge is 2.41. The van der Waals surface area contributed by atoms with Gasteiger partial charge in [0.2, 0.25) is 5.91 Å². The van der Waals surface area contributed by atoms with Gasteiger partial charge in [0.1, 0.15) is 0 Å². The number of amides is 1. The lowest BCUT2D eigenvalue weighted by molar-refractivity contribution is -0.144. The SMILES string of the molecule is CC1SCCN(C(=O)C2(C)CCCNC2)C1C. The molecule has 2 rings (SSSR count). The average molecular weight is 256 g/mol. The Morgan fingerprint density at radius 1 is 1.47 bits per heavy atom. The minimum Gasteiger partial charge on any atom is -0.338 e. The average Bonchev–Trinajstić information content (AvgIpc) is 2.33. The number of carbonyl (C=O) groups is 1. The molecule has 0 aliphatic carbocycles. The van der Waals surface area contributed by atoms with E-state index in [9.17, 15) is 4.79 Å². The molecule has 1 N–H and O–H groups in total. The first-order valence-corrected chi connectivity index (χ1v) is 7.73. The topological polar surface area (TPSA) is 32.3 Å². The second-order valence-corrected chi connectivity index (χ2v) is 7.14. The Balaban J connectivity index is 2.07. The molecule has 0 saturated carbocycles. The predicted octanol–water partition coefficient (Wildman–Crippen LogP) is 1.73. The van der Waals surface area contributed by atoms with E-state index in [1.165, 1.54) is 0 Å². The van der Waals surface area contributed by atoms with E-state index in [4.69, 9.17) is 0 Å². The van der Waals surface area contributed by atoms with E-state index in [0.29, 0.717) is 17.2 Å². The van der Waals surface area contributed by atoms with Crippen molar-refractivity contribution >= 4 is 17.7 Å². The zero-order valence-electron chi connectivity index (χ0n) is 11.2. The summed E-state index contributed by atoms with van der Waals surface area (Å²) < 4.78 is 0. The van der Waals surface area contributed by atoms with Crippen molar-refractivity contribution in [3.63, 3.8) is 0 Å². The van der Waals surface area contributed by atoms with E-state index in [1.54, 1.807) is 0 Å². The summed E-state index contributed by atoms with van der Waals surface area (Å²) in [6, 6.07) is 0.375. The molecule has 0 bridgehead atoms. The summed E-state index contributed by atoms with van der Waals surface area (Å²) in [5.74, 6) is 1.45. The second-order valence-electron chi connectivity index (χ2n) is 5.66. The predicted molar refractivity (Wildman–Crippen MR) is 73.3 cm³/mol. The van der Waals surface area contributed by atoms with E-state index in [-0.39, 0.29) is 5.41 Å². The molecule has 4 heteroatoms. The van der Waals surface area contributed by atoms with Crippen LogP contribution in [0.4, 0.5) is 0 Å². The summed E-state index contributed by atoms with van der Waals surface area (Å²) in [5.41, 5.74) is -0.172. The molecule has 17 heavy (non-hydrogen) atoms. The highest BCUT2D eigenvalue weighted by Crippen LogP contribution is 2.32. The van der Waals surface area contributed by atoms with Crippen LogP contribution in [0.3, 0.4) is 0 Å². The van der Waals surface area contributed by atoms with Gasteiger partial charge in [0.15, 0.2) is 0 Å². The maximum atomic E-state index is 12.7. The lowest BCUT2D eigenvalue weighted by Crippen LogP contribution is -2.56. The molecule has 2 aliphatic heterocycles. The van der Waals surface area contributed by atoms with Gasteiger partial charge in [0.25, 0.3) is 0 Å². The standard InChI is InChI=1S/C13H24N2OS/c1-10-11(2)17-8-7-15(10)12(16)13(3)5-4-6-14-9-13/h10-11,14H,4-9H2,1-3H3. The zero-order chi connectivity index (χ0) is 12.5. The zero-order valence-corrected chi connectivity index (χ0v) is 12.0. The molecule has 0 radical (unpaired) electrons. The number of hydrogen-bond acceptors (Lipinski definition) is 3. The number of rotatable bonds is 1. The molecule has 0 spiro atoms. The molecule has 2 fully saturated rings. The lowest BCUT2D eigenvalue weighted by Gasteiger charge is -2.43. The number of piperidine rings is 1. The summed E-state index contributed by atoms with van der Waals surface area (Å²) in [7, 11) is 0. The molecule has 0 aromatic carbocycles. The van der Waals surface area contributed by atoms with Crippen LogP contribution in [-0.2, 0) is 4.79 Å². The van der Waals surface area contributed by atoms with Crippen LogP contribution < -0.4 is 5.32 Å². The van der Waals surface area contributed by atoms with Gasteiger partial charge in [-0.2, -0.15) is 11.8 Å². The van der Waals surface area contributed by atoms with Crippen LogP contribution in [0, 0.1) is 5.41 Å². The Hall–Kier alpha value is -0.220. The number of nitrogens with one attached hydrogen (secondary N) is 1. The highest BCUT2D eigenvalue weighted by atomic mass is 32.2. The van der Waals surface area contributed by atoms with Gasteiger partial charge in [-0.25, -0.2) is 0 Å². The minimum absolute atomic E-state index is 0.172. The van der Waals surface area contributed by atoms with E-state index >= 15 is 0 Å². The Labute approximate surface area is 109 Å². The Morgan fingerprint density at radius 3 is 2.88 bits per heavy atom. The fraction of sp³-hybridized carbons (Fsp3) is 0.923. The van der Waals surface area contributed by atoms with Crippen molar-refractivity contribution in [3.8, 4) is 0 Å². The summed E-state index contributed by atoms with van der Waals surface area (Å²) in [6.07, 6.45) is 2.15. The van der Waals surface area contributed by atoms with E-state index in [0.717, 1.165) is 38.2 Å². The van der Waals surface area contributed by atoms with Crippen LogP contribution in [0.5, 0.6) is 0 Å². The van der Waals surface area contributed by atoms with Crippen LogP contribution in [0.25, 0.3) is 0 Å². The summed E-state index contributed by atoms with van der Waals surface area (Å²) in [4.78, 5) is 14.8. The molecule has 3 unspecified atom stereocenters. The van der Waals surface area contributed by atoms with Crippen molar-refractivity contribution in [1.82, 2.24) is 10.2 Å². The van der Waals surface area contributed by atoms with Gasteiger partial charge in [0, 0.05) is 30.1 Å². The number of carbonyl (C=O) groups excluding carboxylic acids is 1. The van der Waals surface area contributed by atoms with E-state index in [1.807, 2.05) is 11.8 Å². The molecule has 2 saturated heterocycles. The number of hydrogen-bond donors (Lipinski definition) is 1. The Kier molecular flexibility index (Phi) is 4.03. The van der Waals surface area contributed by atoms with Gasteiger partial charge in [-0.15, -0.1) is 0 Å². The van der Waals surface area contributed by atoms with E-state index in [2.05, 4.69) is 31.0 Å². The fourth-order valence-electron chi connectivity index (χ4n) is 2.81. The summed E-state index contributed by atoms with van der Waals surface area (Å²) in [6.45, 7) is 9.37. The molecule has 2 heterocycles. The van der Waals surface area contributed by atoms with Gasteiger partial charge in [-0.3, -0.25) is 4.79 Å². The third kappa shape index (κ3) is 2.63. The molecule has 2 aliphatic rings. The maximum absolute atomic E-state index is 12.7. The molecular weight excluding hydrogens is 232 g/mol. The summed E-state index contributed by atoms with van der Waals surface area (Å²) in [5, 5.41) is 3.93. The van der Waals surface area contributed by atoms with Crippen molar-refractivity contribution in [2.75, 3.05) is 25.4 Å². The van der Waals surface area contributed by atoms with Gasteiger partial charge in [0.05, 0.1) is 5.41 Å². The van der Waals surface area contributed by atoms with Crippen molar-refractivity contribution in [2.45, 2.75) is 44.9 Å². The Bertz CT molecular complexity index is 289. The maximum Gasteiger partial charge on any atom is 0.230 e. The Morgan fingerprint density at radius 2 is 2.24 bits per heavy atom. The van der Waals surface area contributed by atoms with Gasteiger partial charge >= 0.3 is 0 Å². The first-order chi connectivity index (χ1) is 8.04. The van der Waals surface area contributed by atoms with Gasteiger partial charge in [-0.05, 0) is 33.2 Å². The lowest BCUT2D eigenvalue weighted by atomic mass is 9.81. The smallest absolute Gasteiger partial charge is 0.230 e. The third-order valence-electron chi connectivity index (χ3n) is 4.26. The van der Waals surface area contributed by atoms with Crippen molar-refractivity contribution in [2.24, 2.45) is 5.41 Å². The highest BCUT2D eigenvalue weighted by molar-refractivity contribution is 8.00. The van der Waals surface area contributed by atoms with Crippen molar-refractivity contribution < 1.29 is 4.79 Å². The minimum atomic E-state index is -0.172. The van der Waals surface area contributed by atoms with Crippen LogP contribution in [0.15, 0.2) is 0 Å². The number of nitrogens with zero attached hydrogens (tertiary/aromatic N) is 1. The van der Waals surface area contributed by atoms with Crippen LogP contribution in [0.2, 0.25) is 0 Å². The van der Waals surface area contributed by atoms with Crippen molar-refractivity contribution in [3.05, 3.63) is 0 Å². The van der Waals surface area contributed by atoms with Gasteiger partial charge < -0.3 is 10.2 Å². The normalized spacial score (nSPS) is 39.1. The second kappa shape index (κ2) is 5.19. The van der Waals surface area contributed by atoms with Crippen LogP contribution in [-0.4, -0.2) is 47.5 Å². The molecule has 0 aromatic rings. The van der Waals surface area contributed by atoms with E-state index < -0.39 is 0 Å². The third-order valence-corrected chi connectivity index (χ3v) is 5.60.